The van der Waals surface area contributed by atoms with Crippen LogP contribution < -0.4 is 0 Å². The zero-order chi connectivity index (χ0) is 8.91. The smallest absolute Gasteiger partial charge is 0.399 e. The van der Waals surface area contributed by atoms with Crippen molar-refractivity contribution in [1.29, 1.82) is 0 Å². The molecule has 66 valence electrons. The van der Waals surface area contributed by atoms with Gasteiger partial charge >= 0.3 is 12.1 Å². The molecule has 0 heterocycles. The number of hydrogen-bond acceptors (Lipinski definition) is 2. The van der Waals surface area contributed by atoms with Crippen LogP contribution in [-0.4, -0.2) is 24.1 Å². The second-order valence-corrected chi connectivity index (χ2v) is 2.49. The molecule has 0 aromatic heterocycles. The Balaban J connectivity index is 3.53. The minimum Gasteiger partial charge on any atom is -0.465 e. The monoisotopic (exact) mass is 234 g/mol. The van der Waals surface area contributed by atoms with E-state index < -0.39 is 18.6 Å². The minimum atomic E-state index is -4.47. The third kappa shape index (κ3) is 7.64. The summed E-state index contributed by atoms with van der Waals surface area (Å²) in [6.45, 7) is -0.0328. The highest BCUT2D eigenvalue weighted by Gasteiger charge is 2.31. The zero-order valence-electron chi connectivity index (χ0n) is 5.45. The van der Waals surface area contributed by atoms with Crippen molar-refractivity contribution in [2.45, 2.75) is 12.6 Å². The van der Waals surface area contributed by atoms with Gasteiger partial charge in [-0.25, -0.2) is 0 Å². The summed E-state index contributed by atoms with van der Waals surface area (Å²) in [4.78, 5) is 10.3. The van der Waals surface area contributed by atoms with Gasteiger partial charge in [-0.1, -0.05) is 15.9 Å². The molecule has 0 aromatic carbocycles. The normalized spacial score (nSPS) is 11.3. The largest absolute Gasteiger partial charge is 0.465 e. The molecule has 0 aromatic rings. The summed E-state index contributed by atoms with van der Waals surface area (Å²) >= 11 is 2.90. The fraction of sp³-hybridized carbons (Fsp3) is 0.800. The molecule has 0 N–H and O–H groups in total. The lowest BCUT2D eigenvalue weighted by Gasteiger charge is -2.04. The van der Waals surface area contributed by atoms with E-state index in [2.05, 4.69) is 20.7 Å². The van der Waals surface area contributed by atoms with E-state index in [9.17, 15) is 18.0 Å². The van der Waals surface area contributed by atoms with Crippen molar-refractivity contribution in [3.63, 3.8) is 0 Å². The highest BCUT2D eigenvalue weighted by Crippen LogP contribution is 2.19. The quantitative estimate of drug-likeness (QED) is 0.551. The molecular formula is C5H6BrF3O2. The van der Waals surface area contributed by atoms with Gasteiger partial charge in [0.05, 0.1) is 0 Å². The van der Waals surface area contributed by atoms with Crippen molar-refractivity contribution < 1.29 is 22.7 Å². The first-order valence-corrected chi connectivity index (χ1v) is 3.86. The molecule has 0 atom stereocenters. The van der Waals surface area contributed by atoms with E-state index >= 15 is 0 Å². The van der Waals surface area contributed by atoms with Gasteiger partial charge in [0.25, 0.3) is 0 Å². The molecule has 0 saturated carbocycles. The topological polar surface area (TPSA) is 26.3 Å². The number of carbonyl (C=O) groups is 1. The Morgan fingerprint density at radius 1 is 1.45 bits per heavy atom. The van der Waals surface area contributed by atoms with Crippen LogP contribution in [0.2, 0.25) is 0 Å². The summed E-state index contributed by atoms with van der Waals surface area (Å²) in [5.74, 6) is -1.24. The number of alkyl halides is 4. The fourth-order valence-corrected chi connectivity index (χ4v) is 0.529. The first kappa shape index (κ1) is 10.7. The molecule has 0 fully saturated rings. The predicted molar refractivity (Wildman–Crippen MR) is 35.4 cm³/mol. The van der Waals surface area contributed by atoms with Crippen LogP contribution in [0.3, 0.4) is 0 Å². The fourth-order valence-electron chi connectivity index (χ4n) is 0.367. The molecule has 2 nitrogen and oxygen atoms in total. The summed E-state index contributed by atoms with van der Waals surface area (Å²) in [5, 5.41) is 0.344. The van der Waals surface area contributed by atoms with Gasteiger partial charge in [0, 0.05) is 5.33 Å². The van der Waals surface area contributed by atoms with Crippen LogP contribution in [0.4, 0.5) is 13.2 Å². The molecular weight excluding hydrogens is 229 g/mol. The first-order valence-electron chi connectivity index (χ1n) is 2.74. The second-order valence-electron chi connectivity index (χ2n) is 1.70. The molecule has 0 amide bonds. The lowest BCUT2D eigenvalue weighted by molar-refractivity contribution is -0.170. The maximum Gasteiger partial charge on any atom is 0.399 e. The van der Waals surface area contributed by atoms with E-state index in [0.29, 0.717) is 5.33 Å². The molecule has 0 aliphatic carbocycles. The maximum atomic E-state index is 11.4. The van der Waals surface area contributed by atoms with Crippen LogP contribution in [0.1, 0.15) is 6.42 Å². The molecule has 11 heavy (non-hydrogen) atoms. The number of carbonyl (C=O) groups excluding carboxylic acids is 1. The summed E-state index contributed by atoms with van der Waals surface area (Å²) in [6, 6.07) is 0. The van der Waals surface area contributed by atoms with E-state index in [0.717, 1.165) is 0 Å². The summed E-state index contributed by atoms with van der Waals surface area (Å²) < 4.78 is 38.4. The van der Waals surface area contributed by atoms with E-state index in [-0.39, 0.29) is 6.61 Å². The summed E-state index contributed by atoms with van der Waals surface area (Å²) in [6.07, 6.45) is -5.98. The number of hydrogen-bond donors (Lipinski definition) is 0. The van der Waals surface area contributed by atoms with Gasteiger partial charge < -0.3 is 4.74 Å². The lowest BCUT2D eigenvalue weighted by atomic mass is 10.4. The molecule has 0 spiro atoms. The van der Waals surface area contributed by atoms with E-state index in [4.69, 9.17) is 0 Å². The van der Waals surface area contributed by atoms with E-state index in [1.54, 1.807) is 0 Å². The molecule has 0 aliphatic heterocycles. The SMILES string of the molecule is O=C(CC(F)(F)F)OCCBr. The molecule has 0 aliphatic rings. The number of esters is 1. The van der Waals surface area contributed by atoms with Gasteiger partial charge in [0.15, 0.2) is 0 Å². The van der Waals surface area contributed by atoms with Gasteiger partial charge in [-0.2, -0.15) is 13.2 Å². The predicted octanol–water partition coefficient (Wildman–Crippen LogP) is 1.88. The standard InChI is InChI=1S/C5H6BrF3O2/c6-1-2-11-4(10)3-5(7,8)9/h1-3H2. The van der Waals surface area contributed by atoms with Crippen molar-refractivity contribution in [2.24, 2.45) is 0 Å². The second kappa shape index (κ2) is 4.58. The zero-order valence-corrected chi connectivity index (χ0v) is 7.04. The minimum absolute atomic E-state index is 0.0328. The summed E-state index contributed by atoms with van der Waals surface area (Å²) in [7, 11) is 0. The Morgan fingerprint density at radius 2 is 2.00 bits per heavy atom. The highest BCUT2D eigenvalue weighted by atomic mass is 79.9. The first-order chi connectivity index (χ1) is 4.95. The number of ether oxygens (including phenoxy) is 1. The highest BCUT2D eigenvalue weighted by molar-refractivity contribution is 9.09. The van der Waals surface area contributed by atoms with Gasteiger partial charge in [0.1, 0.15) is 13.0 Å². The van der Waals surface area contributed by atoms with Gasteiger partial charge in [-0.05, 0) is 0 Å². The Labute approximate surface area is 69.8 Å². The van der Waals surface area contributed by atoms with Crippen molar-refractivity contribution in [1.82, 2.24) is 0 Å². The Morgan fingerprint density at radius 3 is 2.36 bits per heavy atom. The molecule has 6 heteroatoms. The van der Waals surface area contributed by atoms with Crippen LogP contribution in [0.15, 0.2) is 0 Å². The average molecular weight is 235 g/mol. The van der Waals surface area contributed by atoms with E-state index in [1.807, 2.05) is 0 Å². The average Bonchev–Trinajstić information content (AvgIpc) is 1.79. The van der Waals surface area contributed by atoms with Crippen LogP contribution in [0.25, 0.3) is 0 Å². The van der Waals surface area contributed by atoms with Crippen molar-refractivity contribution in [2.75, 3.05) is 11.9 Å². The molecule has 0 rings (SSSR count). The number of halogens is 4. The third-order valence-electron chi connectivity index (χ3n) is 0.685. The Hall–Kier alpha value is -0.260. The lowest BCUT2D eigenvalue weighted by Crippen LogP contribution is -2.17. The van der Waals surface area contributed by atoms with Crippen LogP contribution in [0.5, 0.6) is 0 Å². The molecule has 0 radical (unpaired) electrons. The number of rotatable bonds is 3. The van der Waals surface area contributed by atoms with Crippen molar-refractivity contribution >= 4 is 21.9 Å². The molecule has 0 bridgehead atoms. The third-order valence-corrected chi connectivity index (χ3v) is 1.01. The Bertz CT molecular complexity index is 134. The summed E-state index contributed by atoms with van der Waals surface area (Å²) in [5.41, 5.74) is 0. The van der Waals surface area contributed by atoms with Crippen molar-refractivity contribution in [3.05, 3.63) is 0 Å². The Kier molecular flexibility index (Phi) is 4.48. The van der Waals surface area contributed by atoms with Crippen molar-refractivity contribution in [3.8, 4) is 0 Å². The molecule has 0 unspecified atom stereocenters. The van der Waals surface area contributed by atoms with Crippen LogP contribution in [0, 0.1) is 0 Å². The van der Waals surface area contributed by atoms with Gasteiger partial charge in [-0.15, -0.1) is 0 Å². The van der Waals surface area contributed by atoms with Crippen LogP contribution in [-0.2, 0) is 9.53 Å². The van der Waals surface area contributed by atoms with Crippen LogP contribution >= 0.6 is 15.9 Å². The van der Waals surface area contributed by atoms with E-state index in [1.165, 1.54) is 0 Å². The maximum absolute atomic E-state index is 11.4. The molecule has 0 saturated heterocycles. The van der Waals surface area contributed by atoms with Gasteiger partial charge in [0.2, 0.25) is 0 Å². The van der Waals surface area contributed by atoms with Gasteiger partial charge in [-0.3, -0.25) is 4.79 Å².